The number of hydrogen-bond acceptors (Lipinski definition) is 9. The molecule has 0 aromatic heterocycles. The molecule has 9 heteroatoms. The fourth-order valence-corrected chi connectivity index (χ4v) is 11.3. The lowest BCUT2D eigenvalue weighted by molar-refractivity contribution is -0.354. The van der Waals surface area contributed by atoms with Gasteiger partial charge < -0.3 is 40.5 Å². The first-order valence-electron chi connectivity index (χ1n) is 14.0. The second-order valence-corrected chi connectivity index (χ2v) is 14.3. The Bertz CT molecular complexity index is 995. The zero-order valence-corrected chi connectivity index (χ0v) is 21.6. The van der Waals surface area contributed by atoms with Crippen molar-refractivity contribution >= 4 is 0 Å². The molecule has 7 aliphatic rings. The molecule has 7 fully saturated rings. The molecule has 4 saturated carbocycles. The van der Waals surface area contributed by atoms with E-state index in [1.165, 1.54) is 0 Å². The molecular weight excluding hydrogens is 466 g/mol. The highest BCUT2D eigenvalue weighted by molar-refractivity contribution is 5.37. The zero-order valence-electron chi connectivity index (χ0n) is 21.6. The van der Waals surface area contributed by atoms with Gasteiger partial charge in [-0.05, 0) is 51.4 Å². The van der Waals surface area contributed by atoms with Crippen molar-refractivity contribution < 1.29 is 40.5 Å². The van der Waals surface area contributed by atoms with Crippen LogP contribution in [0.25, 0.3) is 0 Å². The van der Waals surface area contributed by atoms with Crippen LogP contribution in [0.4, 0.5) is 0 Å². The van der Waals surface area contributed by atoms with Crippen LogP contribution >= 0.6 is 0 Å². The van der Waals surface area contributed by atoms with Crippen molar-refractivity contribution in [3.63, 3.8) is 0 Å². The van der Waals surface area contributed by atoms with Gasteiger partial charge in [-0.2, -0.15) is 0 Å². The molecule has 0 radical (unpaired) electrons. The van der Waals surface area contributed by atoms with E-state index in [4.69, 9.17) is 4.74 Å². The van der Waals surface area contributed by atoms with Crippen molar-refractivity contribution in [1.82, 2.24) is 4.90 Å². The molecule has 3 aliphatic heterocycles. The summed E-state index contributed by atoms with van der Waals surface area (Å²) in [6, 6.07) is -0.360. The van der Waals surface area contributed by atoms with E-state index in [0.29, 0.717) is 44.6 Å². The normalized spacial score (nSPS) is 68.0. The molecule has 7 rings (SSSR count). The topological polar surface area (TPSA) is 154 Å². The lowest BCUT2D eigenvalue weighted by atomic mass is 9.49. The van der Waals surface area contributed by atoms with Gasteiger partial charge in [0, 0.05) is 55.1 Å². The highest BCUT2D eigenvalue weighted by atomic mass is 16.7. The number of piperidine rings is 2. The van der Waals surface area contributed by atoms with Crippen LogP contribution in [0.3, 0.4) is 0 Å². The van der Waals surface area contributed by atoms with Crippen LogP contribution in [0.2, 0.25) is 0 Å². The Kier molecular flexibility index (Phi) is 4.57. The van der Waals surface area contributed by atoms with Gasteiger partial charge in [0.2, 0.25) is 0 Å². The van der Waals surface area contributed by atoms with E-state index in [2.05, 4.69) is 11.8 Å². The Morgan fingerprint density at radius 1 is 0.778 bits per heavy atom. The van der Waals surface area contributed by atoms with Crippen molar-refractivity contribution in [3.05, 3.63) is 0 Å². The Morgan fingerprint density at radius 3 is 2.19 bits per heavy atom. The Morgan fingerprint density at radius 2 is 1.47 bits per heavy atom. The first-order chi connectivity index (χ1) is 16.6. The molecule has 0 amide bonds. The predicted molar refractivity (Wildman–Crippen MR) is 126 cm³/mol. The molecule has 4 bridgehead atoms. The van der Waals surface area contributed by atoms with Crippen molar-refractivity contribution in [2.75, 3.05) is 13.1 Å². The molecule has 3 saturated heterocycles. The van der Waals surface area contributed by atoms with E-state index in [1.54, 1.807) is 6.92 Å². The number of aliphatic hydroxyl groups excluding tert-OH is 2. The number of hydrogen-bond donors (Lipinski definition) is 7. The molecule has 1 spiro atoms. The van der Waals surface area contributed by atoms with E-state index < -0.39 is 63.3 Å². The third kappa shape index (κ3) is 2.27. The zero-order chi connectivity index (χ0) is 25.9. The second kappa shape index (κ2) is 6.67. The highest BCUT2D eigenvalue weighted by Gasteiger charge is 2.88. The van der Waals surface area contributed by atoms with Gasteiger partial charge in [0.25, 0.3) is 0 Å². The first-order valence-corrected chi connectivity index (χ1v) is 14.0. The van der Waals surface area contributed by atoms with Crippen molar-refractivity contribution in [1.29, 1.82) is 0 Å². The average Bonchev–Trinajstić information content (AvgIpc) is 2.97. The Balaban J connectivity index is 1.39. The summed E-state index contributed by atoms with van der Waals surface area (Å²) in [6.07, 6.45) is 0.752. The molecule has 7 N–H and O–H groups in total. The summed E-state index contributed by atoms with van der Waals surface area (Å²) in [5.41, 5.74) is -9.07. The van der Waals surface area contributed by atoms with E-state index in [0.717, 1.165) is 6.42 Å². The van der Waals surface area contributed by atoms with Gasteiger partial charge in [-0.1, -0.05) is 13.8 Å². The van der Waals surface area contributed by atoms with Crippen LogP contribution < -0.4 is 0 Å². The standard InChI is InChI=1S/C27H43NO8/c1-14-4-7-18-22(3,31)26(34)17(12-28(18)11-14)24(33)13-25-16(23(24,32)10-20(26)30)6-5-15-21(25,2)9-8-19(29)27(15,35)36-25/h14-20,29-35H,4-13H2,1-3H3/t14?,15?,16?,17?,18?,19?,20?,21-,22+,23+,24+,25+,26-,27+/m0/s1. The summed E-state index contributed by atoms with van der Waals surface area (Å²) in [4.78, 5) is 2.12. The van der Waals surface area contributed by atoms with E-state index in [-0.39, 0.29) is 31.3 Å². The van der Waals surface area contributed by atoms with E-state index in [1.807, 2.05) is 6.92 Å². The van der Waals surface area contributed by atoms with Crippen LogP contribution in [0.15, 0.2) is 0 Å². The third-order valence-electron chi connectivity index (χ3n) is 13.1. The van der Waals surface area contributed by atoms with Crippen molar-refractivity contribution in [2.24, 2.45) is 29.1 Å². The summed E-state index contributed by atoms with van der Waals surface area (Å²) >= 11 is 0. The minimum absolute atomic E-state index is 0.0208. The largest absolute Gasteiger partial charge is 0.390 e. The molecule has 36 heavy (non-hydrogen) atoms. The van der Waals surface area contributed by atoms with Crippen LogP contribution in [0.1, 0.15) is 72.1 Å². The SMILES string of the molecule is CC1CCC2N(C1)CC1[C@](O)(C(O)C[C@@]3(O)C4CCC5[C@@]6(O)O[C@@]4(C[C@@]13O)[C@@]5(C)CCC6O)[C@]2(C)O. The minimum Gasteiger partial charge on any atom is -0.390 e. The Hall–Kier alpha value is -0.360. The quantitative estimate of drug-likeness (QED) is 0.228. The van der Waals surface area contributed by atoms with E-state index in [9.17, 15) is 35.7 Å². The van der Waals surface area contributed by atoms with Gasteiger partial charge in [-0.3, -0.25) is 4.90 Å². The fourth-order valence-electron chi connectivity index (χ4n) is 11.3. The molecule has 3 heterocycles. The minimum atomic E-state index is -2.02. The summed E-state index contributed by atoms with van der Waals surface area (Å²) in [5.74, 6) is -3.30. The lowest BCUT2D eigenvalue weighted by Crippen LogP contribution is -2.85. The van der Waals surface area contributed by atoms with Crippen LogP contribution in [-0.4, -0.2) is 106 Å². The van der Waals surface area contributed by atoms with Crippen molar-refractivity contribution in [3.8, 4) is 0 Å². The summed E-state index contributed by atoms with van der Waals surface area (Å²) < 4.78 is 6.52. The van der Waals surface area contributed by atoms with Gasteiger partial charge in [0.15, 0.2) is 5.79 Å². The van der Waals surface area contributed by atoms with Gasteiger partial charge in [-0.25, -0.2) is 0 Å². The van der Waals surface area contributed by atoms with Crippen LogP contribution in [0, 0.1) is 29.1 Å². The van der Waals surface area contributed by atoms with Gasteiger partial charge in [0.1, 0.15) is 28.5 Å². The summed E-state index contributed by atoms with van der Waals surface area (Å²) in [5, 5.41) is 83.2. The monoisotopic (exact) mass is 509 g/mol. The molecule has 0 aromatic rings. The fraction of sp³-hybridized carbons (Fsp3) is 1.00. The second-order valence-electron chi connectivity index (χ2n) is 14.3. The molecule has 9 nitrogen and oxygen atoms in total. The van der Waals surface area contributed by atoms with E-state index >= 15 is 0 Å². The molecule has 14 atom stereocenters. The maximum atomic E-state index is 12.7. The summed E-state index contributed by atoms with van der Waals surface area (Å²) in [7, 11) is 0. The van der Waals surface area contributed by atoms with Crippen molar-refractivity contribution in [2.45, 2.75) is 124 Å². The molecule has 7 unspecified atom stereocenters. The number of nitrogens with zero attached hydrogens (tertiary/aromatic N) is 1. The first kappa shape index (κ1) is 24.7. The van der Waals surface area contributed by atoms with Crippen LogP contribution in [-0.2, 0) is 4.74 Å². The third-order valence-corrected chi connectivity index (χ3v) is 13.1. The van der Waals surface area contributed by atoms with Gasteiger partial charge in [0.05, 0.1) is 11.7 Å². The molecule has 4 aliphatic carbocycles. The maximum absolute atomic E-state index is 12.7. The number of aliphatic hydroxyl groups is 7. The maximum Gasteiger partial charge on any atom is 0.196 e. The smallest absolute Gasteiger partial charge is 0.196 e. The lowest BCUT2D eigenvalue weighted by Gasteiger charge is -2.68. The van der Waals surface area contributed by atoms with Gasteiger partial charge >= 0.3 is 0 Å². The summed E-state index contributed by atoms with van der Waals surface area (Å²) in [6.45, 7) is 6.70. The van der Waals surface area contributed by atoms with Crippen LogP contribution in [0.5, 0.6) is 0 Å². The predicted octanol–water partition coefficient (Wildman–Crippen LogP) is -0.526. The number of fused-ring (bicyclic) bond motifs is 5. The average molecular weight is 510 g/mol. The highest BCUT2D eigenvalue weighted by Crippen LogP contribution is 2.78. The number of rotatable bonds is 0. The van der Waals surface area contributed by atoms with Gasteiger partial charge in [-0.15, -0.1) is 0 Å². The number of ether oxygens (including phenoxy) is 1. The Labute approximate surface area is 212 Å². The molecule has 0 aromatic carbocycles. The molecule has 204 valence electrons. The molecular formula is C27H43NO8.